The molecule has 142 valence electrons. The Hall–Kier alpha value is -2.62. The number of carbonyl (C=O) groups is 2. The fraction of sp³-hybridized carbons (Fsp3) is 0.391. The lowest BCUT2D eigenvalue weighted by Crippen LogP contribution is -2.25. The van der Waals surface area contributed by atoms with E-state index in [9.17, 15) is 9.59 Å². The predicted molar refractivity (Wildman–Crippen MR) is 109 cm³/mol. The third kappa shape index (κ3) is 4.97. The van der Waals surface area contributed by atoms with Crippen LogP contribution in [-0.2, 0) is 0 Å². The highest BCUT2D eigenvalue weighted by atomic mass is 16.2. The molecule has 4 heteroatoms. The molecule has 0 aliphatic heterocycles. The minimum absolute atomic E-state index is 0.0167. The van der Waals surface area contributed by atoms with Gasteiger partial charge in [0, 0.05) is 31.8 Å². The second-order valence-corrected chi connectivity index (χ2v) is 7.55. The van der Waals surface area contributed by atoms with Crippen LogP contribution in [-0.4, -0.2) is 37.4 Å². The molecule has 2 amide bonds. The molecule has 0 spiro atoms. The topological polar surface area (TPSA) is 49.4 Å². The maximum absolute atomic E-state index is 12.5. The van der Waals surface area contributed by atoms with Gasteiger partial charge in [-0.2, -0.15) is 0 Å². The van der Waals surface area contributed by atoms with Gasteiger partial charge in [0.15, 0.2) is 0 Å². The van der Waals surface area contributed by atoms with Gasteiger partial charge in [-0.05, 0) is 47.7 Å². The maximum atomic E-state index is 12.5. The van der Waals surface area contributed by atoms with Crippen LogP contribution in [0.3, 0.4) is 0 Å². The van der Waals surface area contributed by atoms with E-state index < -0.39 is 0 Å². The minimum Gasteiger partial charge on any atom is -0.352 e. The average molecular weight is 364 g/mol. The first-order valence-corrected chi connectivity index (χ1v) is 9.75. The summed E-state index contributed by atoms with van der Waals surface area (Å²) >= 11 is 0. The molecule has 2 aromatic rings. The van der Waals surface area contributed by atoms with Crippen molar-refractivity contribution in [1.82, 2.24) is 10.2 Å². The molecule has 0 atom stereocenters. The van der Waals surface area contributed by atoms with Crippen LogP contribution in [0.5, 0.6) is 0 Å². The lowest BCUT2D eigenvalue weighted by molar-refractivity contribution is 0.0827. The fourth-order valence-corrected chi connectivity index (χ4v) is 3.69. The zero-order valence-corrected chi connectivity index (χ0v) is 16.2. The van der Waals surface area contributed by atoms with Crippen LogP contribution in [0.1, 0.15) is 52.8 Å². The summed E-state index contributed by atoms with van der Waals surface area (Å²) in [6.07, 6.45) is 6.35. The molecule has 0 aromatic heterocycles. The Labute approximate surface area is 161 Å². The summed E-state index contributed by atoms with van der Waals surface area (Å²) in [6, 6.07) is 15.1. The Morgan fingerprint density at radius 2 is 1.67 bits per heavy atom. The number of rotatable bonds is 6. The third-order valence-corrected chi connectivity index (χ3v) is 5.31. The molecule has 3 rings (SSSR count). The molecule has 1 aliphatic rings. The molecule has 1 saturated carbocycles. The smallest absolute Gasteiger partial charge is 0.253 e. The Morgan fingerprint density at radius 1 is 0.963 bits per heavy atom. The van der Waals surface area contributed by atoms with Crippen LogP contribution < -0.4 is 5.32 Å². The average Bonchev–Trinajstić information content (AvgIpc) is 3.21. The van der Waals surface area contributed by atoms with Crippen molar-refractivity contribution in [3.05, 3.63) is 59.7 Å². The molecule has 4 nitrogen and oxygen atoms in total. The summed E-state index contributed by atoms with van der Waals surface area (Å²) < 4.78 is 0. The van der Waals surface area contributed by atoms with Crippen molar-refractivity contribution in [3.63, 3.8) is 0 Å². The number of carbonyl (C=O) groups excluding carboxylic acids is 2. The summed E-state index contributed by atoms with van der Waals surface area (Å²) in [4.78, 5) is 26.0. The molecule has 1 N–H and O–H groups in total. The van der Waals surface area contributed by atoms with Gasteiger partial charge in [0.25, 0.3) is 11.8 Å². The van der Waals surface area contributed by atoms with Crippen LogP contribution in [0.4, 0.5) is 0 Å². The molecular weight excluding hydrogens is 336 g/mol. The minimum atomic E-state index is -0.0192. The van der Waals surface area contributed by atoms with E-state index in [-0.39, 0.29) is 11.8 Å². The largest absolute Gasteiger partial charge is 0.352 e. The normalized spacial score (nSPS) is 14.1. The predicted octanol–water partition coefficient (Wildman–Crippen LogP) is 4.37. The molecule has 1 aliphatic carbocycles. The van der Waals surface area contributed by atoms with E-state index in [1.54, 1.807) is 19.0 Å². The van der Waals surface area contributed by atoms with E-state index in [0.29, 0.717) is 11.1 Å². The Bertz CT molecular complexity index is 790. The maximum Gasteiger partial charge on any atom is 0.253 e. The van der Waals surface area contributed by atoms with Crippen LogP contribution in [0.15, 0.2) is 48.5 Å². The van der Waals surface area contributed by atoms with Crippen LogP contribution in [0.25, 0.3) is 11.1 Å². The number of amides is 2. The Balaban J connectivity index is 1.64. The highest BCUT2D eigenvalue weighted by Gasteiger charge is 2.15. The summed E-state index contributed by atoms with van der Waals surface area (Å²) in [6.45, 7) is 0.745. The highest BCUT2D eigenvalue weighted by Crippen LogP contribution is 2.27. The van der Waals surface area contributed by atoms with Gasteiger partial charge in [-0.3, -0.25) is 9.59 Å². The summed E-state index contributed by atoms with van der Waals surface area (Å²) in [5, 5.41) is 3.05. The number of nitrogens with zero attached hydrogens (tertiary/aromatic N) is 1. The van der Waals surface area contributed by atoms with Crippen LogP contribution in [0, 0.1) is 5.92 Å². The van der Waals surface area contributed by atoms with Gasteiger partial charge in [-0.25, -0.2) is 0 Å². The molecular formula is C23H28N2O2. The summed E-state index contributed by atoms with van der Waals surface area (Å²) in [7, 11) is 3.48. The van der Waals surface area contributed by atoms with E-state index >= 15 is 0 Å². The second kappa shape index (κ2) is 8.85. The van der Waals surface area contributed by atoms with Crippen molar-refractivity contribution in [3.8, 4) is 11.1 Å². The van der Waals surface area contributed by atoms with E-state index in [1.807, 2.05) is 48.5 Å². The molecule has 0 bridgehead atoms. The zero-order chi connectivity index (χ0) is 19.2. The van der Waals surface area contributed by atoms with Crippen molar-refractivity contribution in [2.24, 2.45) is 5.92 Å². The van der Waals surface area contributed by atoms with Gasteiger partial charge in [-0.1, -0.05) is 49.9 Å². The first-order valence-electron chi connectivity index (χ1n) is 9.75. The molecule has 0 saturated heterocycles. The van der Waals surface area contributed by atoms with E-state index in [4.69, 9.17) is 0 Å². The number of benzene rings is 2. The number of hydrogen-bond donors (Lipinski definition) is 1. The van der Waals surface area contributed by atoms with Gasteiger partial charge >= 0.3 is 0 Å². The lowest BCUT2D eigenvalue weighted by Gasteiger charge is -2.12. The van der Waals surface area contributed by atoms with Crippen molar-refractivity contribution in [2.45, 2.75) is 32.1 Å². The Kier molecular flexibility index (Phi) is 6.28. The van der Waals surface area contributed by atoms with Crippen molar-refractivity contribution in [1.29, 1.82) is 0 Å². The monoisotopic (exact) mass is 364 g/mol. The van der Waals surface area contributed by atoms with Crippen LogP contribution >= 0.6 is 0 Å². The number of hydrogen-bond acceptors (Lipinski definition) is 2. The van der Waals surface area contributed by atoms with Gasteiger partial charge < -0.3 is 10.2 Å². The van der Waals surface area contributed by atoms with E-state index in [1.165, 1.54) is 25.7 Å². The third-order valence-electron chi connectivity index (χ3n) is 5.31. The van der Waals surface area contributed by atoms with Gasteiger partial charge in [0.1, 0.15) is 0 Å². The molecule has 27 heavy (non-hydrogen) atoms. The van der Waals surface area contributed by atoms with Crippen LogP contribution in [0.2, 0.25) is 0 Å². The second-order valence-electron chi connectivity index (χ2n) is 7.55. The number of nitrogens with one attached hydrogen (secondary N) is 1. The Morgan fingerprint density at radius 3 is 2.33 bits per heavy atom. The summed E-state index contributed by atoms with van der Waals surface area (Å²) in [5.41, 5.74) is 3.30. The fourth-order valence-electron chi connectivity index (χ4n) is 3.69. The zero-order valence-electron chi connectivity index (χ0n) is 16.2. The van der Waals surface area contributed by atoms with E-state index in [0.717, 1.165) is 30.0 Å². The quantitative estimate of drug-likeness (QED) is 0.828. The van der Waals surface area contributed by atoms with Crippen molar-refractivity contribution >= 4 is 11.8 Å². The molecule has 0 radical (unpaired) electrons. The summed E-state index contributed by atoms with van der Waals surface area (Å²) in [5.74, 6) is 0.742. The molecule has 0 unspecified atom stereocenters. The van der Waals surface area contributed by atoms with Crippen molar-refractivity contribution in [2.75, 3.05) is 20.6 Å². The molecule has 2 aromatic carbocycles. The highest BCUT2D eigenvalue weighted by molar-refractivity contribution is 5.96. The standard InChI is InChI=1S/C23H28N2O2/c1-25(2)23(27)19-12-10-18(11-13-19)20-8-5-9-21(16-20)22(26)24-15-14-17-6-3-4-7-17/h5,8-13,16-17H,3-4,6-7,14-15H2,1-2H3,(H,24,26). The van der Waals surface area contributed by atoms with Gasteiger partial charge in [0.05, 0.1) is 0 Å². The van der Waals surface area contributed by atoms with Crippen molar-refractivity contribution < 1.29 is 9.59 Å². The molecule has 0 heterocycles. The molecule has 1 fully saturated rings. The SMILES string of the molecule is CN(C)C(=O)c1ccc(-c2cccc(C(=O)NCCC3CCCC3)c2)cc1. The first kappa shape index (κ1) is 19.2. The lowest BCUT2D eigenvalue weighted by atomic mass is 10.0. The van der Waals surface area contributed by atoms with Gasteiger partial charge in [0.2, 0.25) is 0 Å². The first-order chi connectivity index (χ1) is 13.0. The van der Waals surface area contributed by atoms with Gasteiger partial charge in [-0.15, -0.1) is 0 Å². The van der Waals surface area contributed by atoms with E-state index in [2.05, 4.69) is 5.32 Å².